The lowest BCUT2D eigenvalue weighted by atomic mass is 9.84. The largest absolute Gasteiger partial charge is 0.432 e. The molecule has 0 N–H and O–H groups in total. The fraction of sp³-hybridized carbons (Fsp3) is 0.929. The van der Waals surface area contributed by atoms with E-state index in [1.807, 2.05) is 20.8 Å². The smallest absolute Gasteiger partial charge is 0.314 e. The molecule has 0 amide bonds. The monoisotopic (exact) mass is 240 g/mol. The van der Waals surface area contributed by atoms with Gasteiger partial charge in [-0.05, 0) is 39.5 Å². The van der Waals surface area contributed by atoms with Crippen LogP contribution in [0, 0.1) is 11.3 Å². The van der Waals surface area contributed by atoms with Crippen LogP contribution < -0.4 is 0 Å². The number of fused-ring (bicyclic) bond motifs is 2. The Bertz CT molecular complexity index is 311. The number of carbonyl (C=O) groups excluding carboxylic acids is 1. The molecule has 3 atom stereocenters. The topological polar surface area (TPSA) is 35.5 Å². The molecule has 2 bridgehead atoms. The summed E-state index contributed by atoms with van der Waals surface area (Å²) < 4.78 is 11.7. The molecule has 3 nitrogen and oxygen atoms in total. The molecule has 2 saturated heterocycles. The molecule has 0 aliphatic carbocycles. The average Bonchev–Trinajstić information content (AvgIpc) is 2.85. The lowest BCUT2D eigenvalue weighted by molar-refractivity contribution is -0.228. The Morgan fingerprint density at radius 2 is 2.18 bits per heavy atom. The molecule has 3 unspecified atom stereocenters. The number of esters is 1. The summed E-state index contributed by atoms with van der Waals surface area (Å²) in [6.45, 7) is 8.04. The van der Waals surface area contributed by atoms with Gasteiger partial charge in [0.05, 0.1) is 11.5 Å². The van der Waals surface area contributed by atoms with Gasteiger partial charge in [-0.15, -0.1) is 0 Å². The number of ether oxygens (including phenoxy) is 2. The highest BCUT2D eigenvalue weighted by Crippen LogP contribution is 2.50. The molecule has 17 heavy (non-hydrogen) atoms. The normalized spacial score (nSPS) is 36.2. The van der Waals surface area contributed by atoms with Gasteiger partial charge in [0.2, 0.25) is 5.79 Å². The fourth-order valence-electron chi connectivity index (χ4n) is 2.80. The molecule has 2 heterocycles. The molecule has 0 aromatic heterocycles. The van der Waals surface area contributed by atoms with E-state index in [-0.39, 0.29) is 5.97 Å². The Labute approximate surface area is 104 Å². The number of hydrogen-bond donors (Lipinski definition) is 0. The maximum absolute atomic E-state index is 12.2. The van der Waals surface area contributed by atoms with Gasteiger partial charge in [0.25, 0.3) is 0 Å². The number of carbonyl (C=O) groups is 1. The summed E-state index contributed by atoms with van der Waals surface area (Å²) in [5.41, 5.74) is -0.406. The summed E-state index contributed by atoms with van der Waals surface area (Å²) in [5.74, 6) is -0.318. The minimum Gasteiger partial charge on any atom is -0.432 e. The SMILES string of the molecule is CCC1CC2CCC1(OC(=O)C(C)(C)CC)O2. The van der Waals surface area contributed by atoms with Crippen LogP contribution in [0.3, 0.4) is 0 Å². The first-order valence-electron chi connectivity index (χ1n) is 6.85. The second kappa shape index (κ2) is 4.27. The molecule has 2 fully saturated rings. The number of hydrogen-bond acceptors (Lipinski definition) is 3. The van der Waals surface area contributed by atoms with Gasteiger partial charge in [-0.1, -0.05) is 13.8 Å². The van der Waals surface area contributed by atoms with E-state index in [1.54, 1.807) is 0 Å². The molecule has 0 spiro atoms. The van der Waals surface area contributed by atoms with Crippen molar-refractivity contribution in [1.29, 1.82) is 0 Å². The Balaban J connectivity index is 2.09. The van der Waals surface area contributed by atoms with Gasteiger partial charge in [-0.3, -0.25) is 4.79 Å². The van der Waals surface area contributed by atoms with E-state index >= 15 is 0 Å². The molecular formula is C14H24O3. The minimum atomic E-state index is -0.594. The van der Waals surface area contributed by atoms with Gasteiger partial charge in [-0.25, -0.2) is 0 Å². The highest BCUT2D eigenvalue weighted by molar-refractivity contribution is 5.76. The molecular weight excluding hydrogens is 216 g/mol. The van der Waals surface area contributed by atoms with E-state index in [2.05, 4.69) is 6.92 Å². The van der Waals surface area contributed by atoms with Gasteiger partial charge in [-0.2, -0.15) is 0 Å². The molecule has 0 radical (unpaired) electrons. The predicted molar refractivity (Wildman–Crippen MR) is 65.4 cm³/mol. The summed E-state index contributed by atoms with van der Waals surface area (Å²) in [4.78, 5) is 12.2. The third kappa shape index (κ3) is 2.10. The van der Waals surface area contributed by atoms with Crippen molar-refractivity contribution in [2.45, 2.75) is 71.7 Å². The van der Waals surface area contributed by atoms with E-state index in [0.717, 1.165) is 32.1 Å². The van der Waals surface area contributed by atoms with E-state index < -0.39 is 11.2 Å². The lowest BCUT2D eigenvalue weighted by Crippen LogP contribution is -2.42. The summed E-state index contributed by atoms with van der Waals surface area (Å²) >= 11 is 0. The Hall–Kier alpha value is -0.570. The second-order valence-corrected chi connectivity index (χ2v) is 6.06. The molecule has 3 heteroatoms. The van der Waals surface area contributed by atoms with Gasteiger partial charge in [0.15, 0.2) is 0 Å². The van der Waals surface area contributed by atoms with Gasteiger partial charge in [0, 0.05) is 12.3 Å². The molecule has 0 aromatic rings. The standard InChI is InChI=1S/C14H24O3/c1-5-10-9-11-7-8-14(10,16-11)17-12(15)13(3,4)6-2/h10-11H,5-9H2,1-4H3. The van der Waals surface area contributed by atoms with Crippen LogP contribution in [-0.4, -0.2) is 17.9 Å². The summed E-state index contributed by atoms with van der Waals surface area (Å²) in [7, 11) is 0. The Morgan fingerprint density at radius 1 is 1.47 bits per heavy atom. The van der Waals surface area contributed by atoms with Crippen LogP contribution in [-0.2, 0) is 14.3 Å². The first-order valence-corrected chi connectivity index (χ1v) is 6.85. The third-order valence-corrected chi connectivity index (χ3v) is 4.55. The van der Waals surface area contributed by atoms with Crippen LogP contribution in [0.25, 0.3) is 0 Å². The zero-order valence-electron chi connectivity index (χ0n) is 11.4. The number of rotatable bonds is 4. The van der Waals surface area contributed by atoms with Gasteiger partial charge in [0.1, 0.15) is 0 Å². The molecule has 2 rings (SSSR count). The molecule has 2 aliphatic rings. The van der Waals surface area contributed by atoms with Crippen molar-refractivity contribution in [3.63, 3.8) is 0 Å². The quantitative estimate of drug-likeness (QED) is 0.707. The fourth-order valence-corrected chi connectivity index (χ4v) is 2.80. The minimum absolute atomic E-state index is 0.110. The van der Waals surface area contributed by atoms with Gasteiger partial charge < -0.3 is 9.47 Å². The first kappa shape index (κ1) is 12.9. The average molecular weight is 240 g/mol. The second-order valence-electron chi connectivity index (χ2n) is 6.06. The highest BCUT2D eigenvalue weighted by atomic mass is 16.7. The molecule has 0 aromatic carbocycles. The third-order valence-electron chi connectivity index (χ3n) is 4.55. The maximum atomic E-state index is 12.2. The predicted octanol–water partition coefficient (Wildman–Crippen LogP) is 3.27. The Kier molecular flexibility index (Phi) is 3.23. The molecule has 0 saturated carbocycles. The van der Waals surface area contributed by atoms with Crippen LogP contribution in [0.1, 0.15) is 59.8 Å². The maximum Gasteiger partial charge on any atom is 0.314 e. The molecule has 2 aliphatic heterocycles. The van der Waals surface area contributed by atoms with Gasteiger partial charge >= 0.3 is 5.97 Å². The van der Waals surface area contributed by atoms with Crippen molar-refractivity contribution < 1.29 is 14.3 Å². The van der Waals surface area contributed by atoms with Crippen molar-refractivity contribution in [1.82, 2.24) is 0 Å². The van der Waals surface area contributed by atoms with Crippen LogP contribution in [0.5, 0.6) is 0 Å². The van der Waals surface area contributed by atoms with Crippen LogP contribution in [0.4, 0.5) is 0 Å². The summed E-state index contributed by atoms with van der Waals surface area (Å²) in [5, 5.41) is 0. The van der Waals surface area contributed by atoms with Crippen molar-refractivity contribution in [3.05, 3.63) is 0 Å². The van der Waals surface area contributed by atoms with Crippen molar-refractivity contribution in [2.24, 2.45) is 11.3 Å². The van der Waals surface area contributed by atoms with Crippen LogP contribution in [0.15, 0.2) is 0 Å². The van der Waals surface area contributed by atoms with E-state index in [1.165, 1.54) is 0 Å². The van der Waals surface area contributed by atoms with Crippen LogP contribution in [0.2, 0.25) is 0 Å². The van der Waals surface area contributed by atoms with E-state index in [4.69, 9.17) is 9.47 Å². The summed E-state index contributed by atoms with van der Waals surface area (Å²) in [6.07, 6.45) is 5.10. The lowest BCUT2D eigenvalue weighted by Gasteiger charge is -2.34. The summed E-state index contributed by atoms with van der Waals surface area (Å²) in [6, 6.07) is 0. The van der Waals surface area contributed by atoms with Crippen molar-refractivity contribution in [3.8, 4) is 0 Å². The highest BCUT2D eigenvalue weighted by Gasteiger charge is 2.56. The van der Waals surface area contributed by atoms with E-state index in [9.17, 15) is 4.79 Å². The zero-order chi connectivity index (χ0) is 12.7. The zero-order valence-corrected chi connectivity index (χ0v) is 11.4. The molecule has 98 valence electrons. The first-order chi connectivity index (χ1) is 7.93. The van der Waals surface area contributed by atoms with E-state index in [0.29, 0.717) is 12.0 Å². The van der Waals surface area contributed by atoms with Crippen molar-refractivity contribution >= 4 is 5.97 Å². The van der Waals surface area contributed by atoms with Crippen LogP contribution >= 0.6 is 0 Å². The van der Waals surface area contributed by atoms with Crippen molar-refractivity contribution in [2.75, 3.05) is 0 Å². The Morgan fingerprint density at radius 3 is 2.71 bits per heavy atom.